The molecule has 0 spiro atoms. The molecule has 0 saturated heterocycles. The molecular weight excluding hydrogens is 430 g/mol. The number of amides is 1. The van der Waals surface area contributed by atoms with Crippen LogP contribution in [0.4, 0.5) is 5.69 Å². The zero-order chi connectivity index (χ0) is 20.9. The van der Waals surface area contributed by atoms with E-state index in [2.05, 4.69) is 10.5 Å². The summed E-state index contributed by atoms with van der Waals surface area (Å²) in [5.41, 5.74) is 3.35. The van der Waals surface area contributed by atoms with Crippen molar-refractivity contribution in [3.8, 4) is 0 Å². The number of anilines is 1. The number of sulfonamides is 1. The van der Waals surface area contributed by atoms with Gasteiger partial charge in [0.15, 0.2) is 0 Å². The summed E-state index contributed by atoms with van der Waals surface area (Å²) in [7, 11) is -3.98. The van der Waals surface area contributed by atoms with Crippen molar-refractivity contribution in [1.82, 2.24) is 5.43 Å². The van der Waals surface area contributed by atoms with Gasteiger partial charge in [0.25, 0.3) is 15.9 Å². The number of halogens is 1. The average Bonchev–Trinajstić information content (AvgIpc) is 3.26. The Morgan fingerprint density at radius 2 is 1.86 bits per heavy atom. The highest BCUT2D eigenvalue weighted by Gasteiger charge is 2.27. The van der Waals surface area contributed by atoms with Gasteiger partial charge in [0.05, 0.1) is 16.3 Å². The van der Waals surface area contributed by atoms with E-state index in [1.54, 1.807) is 43.3 Å². The second-order valence-electron chi connectivity index (χ2n) is 6.01. The summed E-state index contributed by atoms with van der Waals surface area (Å²) in [4.78, 5) is 13.5. The molecule has 3 aromatic rings. The van der Waals surface area contributed by atoms with Gasteiger partial charge in [-0.05, 0) is 48.7 Å². The fourth-order valence-electron chi connectivity index (χ4n) is 2.52. The van der Waals surface area contributed by atoms with E-state index in [0.717, 1.165) is 9.18 Å². The average molecular weight is 448 g/mol. The molecule has 0 aliphatic heterocycles. The van der Waals surface area contributed by atoms with E-state index in [9.17, 15) is 13.2 Å². The summed E-state index contributed by atoms with van der Waals surface area (Å²) < 4.78 is 27.4. The van der Waals surface area contributed by atoms with Crippen molar-refractivity contribution < 1.29 is 13.2 Å². The lowest BCUT2D eigenvalue weighted by atomic mass is 10.3. The van der Waals surface area contributed by atoms with Crippen LogP contribution in [0.15, 0.2) is 82.1 Å². The molecule has 0 aliphatic carbocycles. The molecule has 0 fully saturated rings. The van der Waals surface area contributed by atoms with Crippen molar-refractivity contribution in [3.05, 3.63) is 82.0 Å². The summed E-state index contributed by atoms with van der Waals surface area (Å²) in [6.07, 6.45) is 0. The maximum Gasteiger partial charge on any atom is 0.264 e. The number of carbonyl (C=O) groups is 1. The minimum atomic E-state index is -3.98. The van der Waals surface area contributed by atoms with Crippen LogP contribution < -0.4 is 9.73 Å². The van der Waals surface area contributed by atoms with Crippen LogP contribution in [0.1, 0.15) is 11.8 Å². The first-order valence-electron chi connectivity index (χ1n) is 8.58. The number of nitrogens with one attached hydrogen (secondary N) is 1. The number of benzene rings is 2. The Hall–Kier alpha value is -2.68. The number of carbonyl (C=O) groups excluding carboxylic acids is 1. The van der Waals surface area contributed by atoms with Crippen LogP contribution in [0, 0.1) is 0 Å². The first-order valence-corrected chi connectivity index (χ1v) is 11.3. The minimum absolute atomic E-state index is 0.0750. The smallest absolute Gasteiger partial charge is 0.264 e. The number of hydrogen-bond donors (Lipinski definition) is 1. The van der Waals surface area contributed by atoms with Crippen LogP contribution >= 0.6 is 22.9 Å². The van der Waals surface area contributed by atoms with Crippen LogP contribution in [0.5, 0.6) is 0 Å². The maximum atomic E-state index is 13.2. The van der Waals surface area contributed by atoms with Gasteiger partial charge in [0.2, 0.25) is 0 Å². The van der Waals surface area contributed by atoms with Gasteiger partial charge in [-0.3, -0.25) is 9.10 Å². The molecule has 0 atom stereocenters. The quantitative estimate of drug-likeness (QED) is 0.436. The highest BCUT2D eigenvalue weighted by Crippen LogP contribution is 2.25. The molecule has 29 heavy (non-hydrogen) atoms. The topological polar surface area (TPSA) is 78.8 Å². The summed E-state index contributed by atoms with van der Waals surface area (Å²) in [5, 5.41) is 6.34. The number of hydrazone groups is 1. The SMILES string of the molecule is C/C(=N/NC(=O)CN(c1cccc(Cl)c1)S(=O)(=O)c1ccccc1)c1cccs1. The molecule has 9 heteroatoms. The lowest BCUT2D eigenvalue weighted by Gasteiger charge is -2.23. The van der Waals surface area contributed by atoms with Crippen molar-refractivity contribution in [2.75, 3.05) is 10.8 Å². The molecule has 1 aromatic heterocycles. The van der Waals surface area contributed by atoms with Crippen LogP contribution in [0.25, 0.3) is 0 Å². The molecule has 6 nitrogen and oxygen atoms in total. The third-order valence-corrected chi connectivity index (χ3v) is 6.94. The highest BCUT2D eigenvalue weighted by molar-refractivity contribution is 7.92. The number of hydrogen-bond acceptors (Lipinski definition) is 5. The summed E-state index contributed by atoms with van der Waals surface area (Å²) in [6.45, 7) is 1.32. The fourth-order valence-corrected chi connectivity index (χ4v) is 4.81. The van der Waals surface area contributed by atoms with E-state index < -0.39 is 22.5 Å². The largest absolute Gasteiger partial charge is 0.271 e. The van der Waals surface area contributed by atoms with Crippen LogP contribution in [0.3, 0.4) is 0 Å². The normalized spacial score (nSPS) is 11.9. The van der Waals surface area contributed by atoms with E-state index in [1.807, 2.05) is 17.5 Å². The second-order valence-corrected chi connectivity index (χ2v) is 9.26. The Bertz CT molecular complexity index is 1110. The molecule has 2 aromatic carbocycles. The maximum absolute atomic E-state index is 13.2. The summed E-state index contributed by atoms with van der Waals surface area (Å²) in [6, 6.07) is 18.0. The molecule has 0 saturated carbocycles. The zero-order valence-electron chi connectivity index (χ0n) is 15.4. The van der Waals surface area contributed by atoms with Gasteiger partial charge in [-0.2, -0.15) is 5.10 Å². The monoisotopic (exact) mass is 447 g/mol. The third kappa shape index (κ3) is 5.23. The molecule has 1 heterocycles. The van der Waals surface area contributed by atoms with Crippen LogP contribution in [-0.4, -0.2) is 26.6 Å². The predicted molar refractivity (Wildman–Crippen MR) is 117 cm³/mol. The van der Waals surface area contributed by atoms with Gasteiger partial charge >= 0.3 is 0 Å². The van der Waals surface area contributed by atoms with Gasteiger partial charge in [-0.25, -0.2) is 13.8 Å². The van der Waals surface area contributed by atoms with Crippen molar-refractivity contribution in [2.45, 2.75) is 11.8 Å². The van der Waals surface area contributed by atoms with E-state index in [1.165, 1.54) is 29.5 Å². The highest BCUT2D eigenvalue weighted by atomic mass is 35.5. The third-order valence-electron chi connectivity index (χ3n) is 3.94. The molecule has 150 valence electrons. The second kappa shape index (κ2) is 9.21. The van der Waals surface area contributed by atoms with E-state index in [-0.39, 0.29) is 10.6 Å². The molecule has 0 radical (unpaired) electrons. The lowest BCUT2D eigenvalue weighted by molar-refractivity contribution is -0.119. The minimum Gasteiger partial charge on any atom is -0.271 e. The Morgan fingerprint density at radius 3 is 2.52 bits per heavy atom. The van der Waals surface area contributed by atoms with Gasteiger partial charge in [-0.1, -0.05) is 41.9 Å². The van der Waals surface area contributed by atoms with E-state index in [0.29, 0.717) is 10.7 Å². The number of nitrogens with zero attached hydrogens (tertiary/aromatic N) is 2. The van der Waals surface area contributed by atoms with E-state index in [4.69, 9.17) is 11.6 Å². The molecule has 1 amide bonds. The van der Waals surface area contributed by atoms with Gasteiger partial charge in [0.1, 0.15) is 6.54 Å². The number of thiophene rings is 1. The van der Waals surface area contributed by atoms with Gasteiger partial charge in [-0.15, -0.1) is 11.3 Å². The number of rotatable bonds is 7. The summed E-state index contributed by atoms with van der Waals surface area (Å²) in [5.74, 6) is -0.569. The Morgan fingerprint density at radius 1 is 1.10 bits per heavy atom. The van der Waals surface area contributed by atoms with Gasteiger partial charge < -0.3 is 0 Å². The standard InChI is InChI=1S/C20H18ClN3O3S2/c1-15(19-11-6-12-28-19)22-23-20(25)14-24(17-8-5-7-16(21)13-17)29(26,27)18-9-3-2-4-10-18/h2-13H,14H2,1H3,(H,23,25)/b22-15-. The summed E-state index contributed by atoms with van der Waals surface area (Å²) >= 11 is 7.53. The van der Waals surface area contributed by atoms with Gasteiger partial charge in [0, 0.05) is 9.90 Å². The van der Waals surface area contributed by atoms with E-state index >= 15 is 0 Å². The Labute approximate surface area is 178 Å². The first-order chi connectivity index (χ1) is 13.9. The predicted octanol–water partition coefficient (Wildman–Crippen LogP) is 4.14. The van der Waals surface area contributed by atoms with Crippen molar-refractivity contribution in [2.24, 2.45) is 5.10 Å². The lowest BCUT2D eigenvalue weighted by Crippen LogP contribution is -2.39. The molecule has 0 bridgehead atoms. The molecule has 3 rings (SSSR count). The molecule has 1 N–H and O–H groups in total. The van der Waals surface area contributed by atoms with Crippen molar-refractivity contribution in [3.63, 3.8) is 0 Å². The molecule has 0 aliphatic rings. The van der Waals surface area contributed by atoms with Crippen LogP contribution in [0.2, 0.25) is 5.02 Å². The fraction of sp³-hybridized carbons (Fsp3) is 0.100. The van der Waals surface area contributed by atoms with Crippen molar-refractivity contribution in [1.29, 1.82) is 0 Å². The zero-order valence-corrected chi connectivity index (χ0v) is 17.8. The molecular formula is C20H18ClN3O3S2. The first kappa shape index (κ1) is 21.0. The Balaban J connectivity index is 1.88. The Kier molecular flexibility index (Phi) is 6.68. The van der Waals surface area contributed by atoms with Crippen molar-refractivity contribution >= 4 is 50.3 Å². The molecule has 0 unspecified atom stereocenters. The van der Waals surface area contributed by atoms with Crippen LogP contribution in [-0.2, 0) is 14.8 Å².